The zero-order valence-corrected chi connectivity index (χ0v) is 27.8. The fourth-order valence-corrected chi connectivity index (χ4v) is 8.69. The van der Waals surface area contributed by atoms with Crippen molar-refractivity contribution in [3.8, 4) is 0 Å². The van der Waals surface area contributed by atoms with Crippen molar-refractivity contribution in [2.75, 3.05) is 158 Å². The van der Waals surface area contributed by atoms with Gasteiger partial charge in [0.1, 0.15) is 0 Å². The molecule has 0 radical (unpaired) electrons. The molecule has 258 valence electrons. The molecule has 15 heteroatoms. The van der Waals surface area contributed by atoms with Gasteiger partial charge in [0.2, 0.25) is 5.91 Å². The highest BCUT2D eigenvalue weighted by Gasteiger charge is 2.49. The lowest BCUT2D eigenvalue weighted by molar-refractivity contribution is -0.132. The van der Waals surface area contributed by atoms with E-state index in [1.807, 2.05) is 11.8 Å². The number of rotatable bonds is 25. The molecule has 0 aliphatic carbocycles. The number of amides is 1. The van der Waals surface area contributed by atoms with Crippen molar-refractivity contribution in [3.63, 3.8) is 0 Å². The lowest BCUT2D eigenvalue weighted by Gasteiger charge is -2.42. The quantitative estimate of drug-likeness (QED) is 0.104. The Labute approximate surface area is 264 Å². The van der Waals surface area contributed by atoms with Gasteiger partial charge in [-0.3, -0.25) is 9.36 Å². The maximum absolute atomic E-state index is 13.8. The molecule has 3 aliphatic rings. The maximum atomic E-state index is 13.8. The summed E-state index contributed by atoms with van der Waals surface area (Å²) in [6.07, 6.45) is 2.22. The topological polar surface area (TPSA) is 121 Å². The number of carbonyl (C=O) groups is 1. The van der Waals surface area contributed by atoms with E-state index in [9.17, 15) is 9.36 Å². The van der Waals surface area contributed by atoms with Crippen molar-refractivity contribution < 1.29 is 47.3 Å². The third-order valence-corrected chi connectivity index (χ3v) is 11.1. The number of hydrogen-bond acceptors (Lipinski definition) is 10. The summed E-state index contributed by atoms with van der Waals surface area (Å²) in [5, 5.41) is 0. The van der Waals surface area contributed by atoms with Gasteiger partial charge >= 0.3 is 0 Å². The Morgan fingerprint density at radius 1 is 0.477 bits per heavy atom. The highest BCUT2D eigenvalue weighted by atomic mass is 31.2. The molecule has 1 amide bonds. The van der Waals surface area contributed by atoms with Gasteiger partial charge in [0, 0.05) is 59.0 Å². The molecule has 0 aromatic carbocycles. The first kappa shape index (κ1) is 37.7. The molecule has 0 aromatic heterocycles. The summed E-state index contributed by atoms with van der Waals surface area (Å²) in [5.74, 6) is 0.0993. The van der Waals surface area contributed by atoms with E-state index in [4.69, 9.17) is 37.9 Å². The van der Waals surface area contributed by atoms with E-state index >= 15 is 0 Å². The Balaban J connectivity index is 1.05. The average Bonchev–Trinajstić information content (AvgIpc) is 3.39. The second-order valence-corrected chi connectivity index (χ2v) is 13.4. The van der Waals surface area contributed by atoms with E-state index < -0.39 is 7.59 Å². The van der Waals surface area contributed by atoms with Crippen LogP contribution in [0.1, 0.15) is 26.2 Å². The van der Waals surface area contributed by atoms with Crippen LogP contribution in [0.15, 0.2) is 0 Å². The predicted molar refractivity (Wildman–Crippen MR) is 165 cm³/mol. The minimum absolute atomic E-state index is 0.0993. The molecule has 3 saturated heterocycles. The van der Waals surface area contributed by atoms with Gasteiger partial charge in [-0.15, -0.1) is 0 Å². The van der Waals surface area contributed by atoms with Crippen LogP contribution in [0.2, 0.25) is 0 Å². The SMILES string of the molecule is CCOCCOCCOCCOCCOCCOCCOCCOCCC(=O)N1CCCN2CCN3CCCN(CC1)P23=O. The summed E-state index contributed by atoms with van der Waals surface area (Å²) < 4.78 is 63.9. The van der Waals surface area contributed by atoms with Crippen LogP contribution in [0.4, 0.5) is 0 Å². The second kappa shape index (κ2) is 23.6. The summed E-state index contributed by atoms with van der Waals surface area (Å²) in [4.78, 5) is 14.8. The summed E-state index contributed by atoms with van der Waals surface area (Å²) in [5.41, 5.74) is 0. The molecule has 0 bridgehead atoms. The molecule has 0 saturated carbocycles. The first-order valence-electron chi connectivity index (χ1n) is 16.4. The Morgan fingerprint density at radius 2 is 0.818 bits per heavy atom. The van der Waals surface area contributed by atoms with Crippen molar-refractivity contribution >= 4 is 13.5 Å². The Bertz CT molecular complexity index is 801. The standard InChI is InChI=1S/C29H57N4O10P/c1-2-36-15-16-38-19-20-40-23-24-42-27-28-43-26-25-41-22-21-39-18-17-37-14-5-29(34)30-6-3-7-32-12-13-33-9-4-8-31(11-10-30)44(32,33)35/h2-28H2,1H3. The molecule has 0 aromatic rings. The van der Waals surface area contributed by atoms with Crippen molar-refractivity contribution in [1.82, 2.24) is 18.9 Å². The lowest BCUT2D eigenvalue weighted by Crippen LogP contribution is -2.43. The fourth-order valence-electron chi connectivity index (χ4n) is 5.36. The third-order valence-electron chi connectivity index (χ3n) is 7.65. The summed E-state index contributed by atoms with van der Waals surface area (Å²) in [6.45, 7) is 16.5. The summed E-state index contributed by atoms with van der Waals surface area (Å²) >= 11 is 0. The van der Waals surface area contributed by atoms with E-state index in [1.54, 1.807) is 0 Å². The van der Waals surface area contributed by atoms with Gasteiger partial charge in [-0.1, -0.05) is 0 Å². The first-order chi connectivity index (χ1) is 21.7. The van der Waals surface area contributed by atoms with Crippen LogP contribution in [0.5, 0.6) is 0 Å². The zero-order chi connectivity index (χ0) is 31.1. The van der Waals surface area contributed by atoms with Crippen molar-refractivity contribution in [3.05, 3.63) is 0 Å². The minimum atomic E-state index is -2.61. The van der Waals surface area contributed by atoms with Gasteiger partial charge in [0.25, 0.3) is 7.59 Å². The summed E-state index contributed by atoms with van der Waals surface area (Å²) in [7, 11) is -2.61. The van der Waals surface area contributed by atoms with Gasteiger partial charge in [-0.25, -0.2) is 14.0 Å². The lowest BCUT2D eigenvalue weighted by atomic mass is 10.3. The van der Waals surface area contributed by atoms with E-state index in [0.29, 0.717) is 132 Å². The Morgan fingerprint density at radius 3 is 1.23 bits per heavy atom. The molecular weight excluding hydrogens is 595 g/mol. The molecule has 44 heavy (non-hydrogen) atoms. The van der Waals surface area contributed by atoms with E-state index in [1.165, 1.54) is 0 Å². The molecule has 3 rings (SSSR count). The largest absolute Gasteiger partial charge is 0.379 e. The highest BCUT2D eigenvalue weighted by molar-refractivity contribution is 7.56. The molecule has 0 spiro atoms. The normalized spacial score (nSPS) is 21.7. The van der Waals surface area contributed by atoms with Crippen LogP contribution in [-0.2, 0) is 47.3 Å². The van der Waals surface area contributed by atoms with Crippen molar-refractivity contribution in [2.24, 2.45) is 0 Å². The van der Waals surface area contributed by atoms with Crippen LogP contribution in [0, 0.1) is 0 Å². The smallest absolute Gasteiger partial charge is 0.287 e. The zero-order valence-electron chi connectivity index (χ0n) is 26.9. The monoisotopic (exact) mass is 652 g/mol. The minimum Gasteiger partial charge on any atom is -0.379 e. The van der Waals surface area contributed by atoms with Gasteiger partial charge in [0.15, 0.2) is 0 Å². The van der Waals surface area contributed by atoms with E-state index in [-0.39, 0.29) is 5.91 Å². The molecular formula is C29H57N4O10P. The van der Waals surface area contributed by atoms with Crippen LogP contribution >= 0.6 is 7.59 Å². The first-order valence-corrected chi connectivity index (χ1v) is 18.0. The third kappa shape index (κ3) is 13.9. The highest BCUT2D eigenvalue weighted by Crippen LogP contribution is 2.61. The predicted octanol–water partition coefficient (Wildman–Crippen LogP) is 1.19. The van der Waals surface area contributed by atoms with Gasteiger partial charge in [0.05, 0.1) is 106 Å². The number of nitrogens with zero attached hydrogens (tertiary/aromatic N) is 4. The van der Waals surface area contributed by atoms with Crippen LogP contribution in [0.3, 0.4) is 0 Å². The molecule has 0 N–H and O–H groups in total. The van der Waals surface area contributed by atoms with Gasteiger partial charge in [-0.2, -0.15) is 0 Å². The average molecular weight is 653 g/mol. The number of ether oxygens (including phenoxy) is 8. The molecule has 14 nitrogen and oxygen atoms in total. The summed E-state index contributed by atoms with van der Waals surface area (Å²) in [6, 6.07) is 0. The van der Waals surface area contributed by atoms with Crippen LogP contribution in [0.25, 0.3) is 0 Å². The van der Waals surface area contributed by atoms with E-state index in [2.05, 4.69) is 14.0 Å². The number of carbonyl (C=O) groups excluding carboxylic acids is 1. The molecule has 1 atom stereocenters. The Kier molecular flexibility index (Phi) is 20.2. The van der Waals surface area contributed by atoms with Crippen molar-refractivity contribution in [1.29, 1.82) is 0 Å². The fraction of sp³-hybridized carbons (Fsp3) is 0.966. The molecule has 3 aliphatic heterocycles. The molecule has 3 heterocycles. The molecule has 3 fully saturated rings. The Hall–Kier alpha value is -0.740. The van der Waals surface area contributed by atoms with Crippen LogP contribution < -0.4 is 0 Å². The maximum Gasteiger partial charge on any atom is 0.287 e. The van der Waals surface area contributed by atoms with Crippen LogP contribution in [-0.4, -0.2) is 183 Å². The van der Waals surface area contributed by atoms with E-state index in [0.717, 1.165) is 45.6 Å². The van der Waals surface area contributed by atoms with Gasteiger partial charge < -0.3 is 42.8 Å². The molecule has 1 unspecified atom stereocenters. The second-order valence-electron chi connectivity index (χ2n) is 10.7. The number of hydrogen-bond donors (Lipinski definition) is 0. The van der Waals surface area contributed by atoms with Gasteiger partial charge in [-0.05, 0) is 19.8 Å². The van der Waals surface area contributed by atoms with Crippen molar-refractivity contribution in [2.45, 2.75) is 26.2 Å².